The fourth-order valence-corrected chi connectivity index (χ4v) is 2.77. The molecule has 0 aliphatic carbocycles. The molecule has 1 aromatic rings. The largest absolute Gasteiger partial charge is 0.480 e. The molecule has 1 atom stereocenters. The van der Waals surface area contributed by atoms with Gasteiger partial charge in [0.2, 0.25) is 10.0 Å². The third-order valence-corrected chi connectivity index (χ3v) is 4.24. The molecule has 0 aliphatic heterocycles. The van der Waals surface area contributed by atoms with E-state index in [9.17, 15) is 26.4 Å². The van der Waals surface area contributed by atoms with Crippen LogP contribution in [0.1, 0.15) is 31.9 Å². The molecule has 10 heteroatoms. The predicted octanol–water partition coefficient (Wildman–Crippen LogP) is 2.02. The van der Waals surface area contributed by atoms with Gasteiger partial charge in [0.05, 0.1) is 0 Å². The average Bonchev–Trinajstić information content (AvgIpc) is 2.42. The van der Waals surface area contributed by atoms with Crippen LogP contribution in [-0.4, -0.2) is 30.5 Å². The van der Waals surface area contributed by atoms with Crippen LogP contribution >= 0.6 is 0 Å². The Morgan fingerprint density at radius 2 is 2.05 bits per heavy atom. The van der Waals surface area contributed by atoms with Crippen LogP contribution in [0.2, 0.25) is 0 Å². The molecule has 1 heterocycles. The Morgan fingerprint density at radius 1 is 1.41 bits per heavy atom. The number of unbranched alkanes of at least 4 members (excludes halogenated alkanes) is 1. The van der Waals surface area contributed by atoms with Crippen molar-refractivity contribution in [1.29, 1.82) is 0 Å². The lowest BCUT2D eigenvalue weighted by molar-refractivity contribution is -0.141. The standard InChI is InChI=1S/C12H15F3N2O4S/c1-2-3-4-9(11(18)19)17-22(20,21)8-5-6-10(16-7-8)12(13,14)15/h5-7,9,17H,2-4H2,1H3,(H,18,19)/t9-/m0/s1. The lowest BCUT2D eigenvalue weighted by Gasteiger charge is -2.14. The van der Waals surface area contributed by atoms with Gasteiger partial charge in [0.25, 0.3) is 0 Å². The van der Waals surface area contributed by atoms with Crippen molar-refractivity contribution < 1.29 is 31.5 Å². The zero-order valence-corrected chi connectivity index (χ0v) is 12.4. The van der Waals surface area contributed by atoms with E-state index in [0.717, 1.165) is 6.07 Å². The maximum absolute atomic E-state index is 12.4. The van der Waals surface area contributed by atoms with E-state index in [1.165, 1.54) is 0 Å². The van der Waals surface area contributed by atoms with Gasteiger partial charge in [0, 0.05) is 6.20 Å². The molecule has 0 saturated carbocycles. The number of rotatable bonds is 7. The summed E-state index contributed by atoms with van der Waals surface area (Å²) in [6.45, 7) is 1.81. The zero-order chi connectivity index (χ0) is 17.0. The van der Waals surface area contributed by atoms with Crippen molar-refractivity contribution in [2.45, 2.75) is 43.3 Å². The summed E-state index contributed by atoms with van der Waals surface area (Å²) < 4.78 is 63.0. The summed E-state index contributed by atoms with van der Waals surface area (Å²) in [5.74, 6) is -1.35. The molecule has 0 spiro atoms. The fourth-order valence-electron chi connectivity index (χ4n) is 1.60. The minimum Gasteiger partial charge on any atom is -0.480 e. The number of sulfonamides is 1. The van der Waals surface area contributed by atoms with Gasteiger partial charge in [-0.1, -0.05) is 19.8 Å². The molecule has 6 nitrogen and oxygen atoms in total. The van der Waals surface area contributed by atoms with Gasteiger partial charge in [-0.3, -0.25) is 9.78 Å². The average molecular weight is 340 g/mol. The van der Waals surface area contributed by atoms with Gasteiger partial charge >= 0.3 is 12.1 Å². The normalized spacial score (nSPS) is 13.8. The van der Waals surface area contributed by atoms with Crippen molar-refractivity contribution in [1.82, 2.24) is 9.71 Å². The Bertz CT molecular complexity index is 614. The Labute approximate surface area is 125 Å². The molecule has 1 rings (SSSR count). The van der Waals surface area contributed by atoms with Gasteiger partial charge < -0.3 is 5.11 Å². The fraction of sp³-hybridized carbons (Fsp3) is 0.500. The van der Waals surface area contributed by atoms with Crippen LogP contribution in [0.25, 0.3) is 0 Å². The van der Waals surface area contributed by atoms with Crippen molar-refractivity contribution in [2.75, 3.05) is 0 Å². The number of nitrogens with zero attached hydrogens (tertiary/aromatic N) is 1. The van der Waals surface area contributed by atoms with E-state index in [4.69, 9.17) is 5.11 Å². The molecule has 0 saturated heterocycles. The Hall–Kier alpha value is -1.68. The van der Waals surface area contributed by atoms with E-state index >= 15 is 0 Å². The molecule has 0 fully saturated rings. The van der Waals surface area contributed by atoms with E-state index in [2.05, 4.69) is 4.98 Å². The number of nitrogens with one attached hydrogen (secondary N) is 1. The van der Waals surface area contributed by atoms with Crippen LogP contribution in [-0.2, 0) is 21.0 Å². The number of carboxylic acid groups (broad SMARTS) is 1. The second kappa shape index (κ2) is 7.05. The number of aromatic nitrogens is 1. The summed E-state index contributed by atoms with van der Waals surface area (Å²) >= 11 is 0. The van der Waals surface area contributed by atoms with E-state index in [0.29, 0.717) is 25.1 Å². The van der Waals surface area contributed by atoms with E-state index in [-0.39, 0.29) is 6.42 Å². The van der Waals surface area contributed by atoms with Crippen LogP contribution < -0.4 is 4.72 Å². The highest BCUT2D eigenvalue weighted by atomic mass is 32.2. The van der Waals surface area contributed by atoms with Crippen molar-refractivity contribution in [3.8, 4) is 0 Å². The first-order chi connectivity index (χ1) is 10.1. The second-order valence-electron chi connectivity index (χ2n) is 4.53. The number of halogens is 3. The summed E-state index contributed by atoms with van der Waals surface area (Å²) in [4.78, 5) is 13.5. The Morgan fingerprint density at radius 3 is 2.45 bits per heavy atom. The molecule has 1 aromatic heterocycles. The van der Waals surface area contributed by atoms with Crippen molar-refractivity contribution in [3.05, 3.63) is 24.0 Å². The summed E-state index contributed by atoms with van der Waals surface area (Å²) in [5.41, 5.74) is -1.23. The number of pyridine rings is 1. The monoisotopic (exact) mass is 340 g/mol. The highest BCUT2D eigenvalue weighted by Crippen LogP contribution is 2.27. The number of carbonyl (C=O) groups is 1. The summed E-state index contributed by atoms with van der Waals surface area (Å²) in [6, 6.07) is -0.0833. The number of hydrogen-bond donors (Lipinski definition) is 2. The van der Waals surface area contributed by atoms with Crippen molar-refractivity contribution >= 4 is 16.0 Å². The van der Waals surface area contributed by atoms with Crippen molar-refractivity contribution in [2.24, 2.45) is 0 Å². The number of aliphatic carboxylic acids is 1. The second-order valence-corrected chi connectivity index (χ2v) is 6.25. The Kier molecular flexibility index (Phi) is 5.89. The summed E-state index contributed by atoms with van der Waals surface area (Å²) in [6.07, 6.45) is -2.89. The molecular weight excluding hydrogens is 325 g/mol. The van der Waals surface area contributed by atoms with Crippen LogP contribution in [0.3, 0.4) is 0 Å². The van der Waals surface area contributed by atoms with E-state index in [1.807, 2.05) is 11.6 Å². The number of hydrogen-bond acceptors (Lipinski definition) is 4. The molecule has 22 heavy (non-hydrogen) atoms. The third-order valence-electron chi connectivity index (χ3n) is 2.78. The SMILES string of the molecule is CCCC[C@H](NS(=O)(=O)c1ccc(C(F)(F)F)nc1)C(=O)O. The molecule has 0 bridgehead atoms. The number of alkyl halides is 3. The van der Waals surface area contributed by atoms with Gasteiger partial charge in [-0.05, 0) is 18.6 Å². The lowest BCUT2D eigenvalue weighted by Crippen LogP contribution is -2.40. The summed E-state index contributed by atoms with van der Waals surface area (Å²) in [7, 11) is -4.26. The van der Waals surface area contributed by atoms with Gasteiger partial charge in [-0.2, -0.15) is 17.9 Å². The minimum absolute atomic E-state index is 0.0825. The van der Waals surface area contributed by atoms with Gasteiger partial charge in [-0.15, -0.1) is 0 Å². The maximum atomic E-state index is 12.4. The molecular formula is C12H15F3N2O4S. The molecule has 124 valence electrons. The molecule has 0 aliphatic rings. The van der Waals surface area contributed by atoms with E-state index < -0.39 is 38.8 Å². The van der Waals surface area contributed by atoms with Crippen LogP contribution in [0.5, 0.6) is 0 Å². The number of carboxylic acids is 1. The van der Waals surface area contributed by atoms with Crippen LogP contribution in [0.4, 0.5) is 13.2 Å². The van der Waals surface area contributed by atoms with Crippen molar-refractivity contribution in [3.63, 3.8) is 0 Å². The molecule has 0 unspecified atom stereocenters. The summed E-state index contributed by atoms with van der Waals surface area (Å²) in [5, 5.41) is 8.97. The van der Waals surface area contributed by atoms with Crippen LogP contribution in [0, 0.1) is 0 Å². The predicted molar refractivity (Wildman–Crippen MR) is 70.5 cm³/mol. The first-order valence-electron chi connectivity index (χ1n) is 6.36. The molecule has 2 N–H and O–H groups in total. The molecule has 0 amide bonds. The maximum Gasteiger partial charge on any atom is 0.433 e. The van der Waals surface area contributed by atoms with Gasteiger partial charge in [-0.25, -0.2) is 8.42 Å². The third kappa shape index (κ3) is 4.95. The smallest absolute Gasteiger partial charge is 0.433 e. The Balaban J connectivity index is 2.96. The van der Waals surface area contributed by atoms with Crippen LogP contribution in [0.15, 0.2) is 23.2 Å². The zero-order valence-electron chi connectivity index (χ0n) is 11.6. The quantitative estimate of drug-likeness (QED) is 0.792. The molecule has 0 radical (unpaired) electrons. The topological polar surface area (TPSA) is 96.4 Å². The highest BCUT2D eigenvalue weighted by molar-refractivity contribution is 7.89. The van der Waals surface area contributed by atoms with E-state index in [1.54, 1.807) is 0 Å². The first-order valence-corrected chi connectivity index (χ1v) is 7.84. The highest BCUT2D eigenvalue weighted by Gasteiger charge is 2.33. The molecule has 0 aromatic carbocycles. The van der Waals surface area contributed by atoms with Gasteiger partial charge in [0.1, 0.15) is 16.6 Å². The lowest BCUT2D eigenvalue weighted by atomic mass is 10.1. The first kappa shape index (κ1) is 18.4. The minimum atomic E-state index is -4.68. The van der Waals surface area contributed by atoms with Gasteiger partial charge in [0.15, 0.2) is 0 Å².